The summed E-state index contributed by atoms with van der Waals surface area (Å²) in [4.78, 5) is 8.67. The molecular formula is C27H23FN4O2. The molecule has 7 heteroatoms. The fourth-order valence-electron chi connectivity index (χ4n) is 4.15. The molecular weight excluding hydrogens is 431 g/mol. The molecule has 5 aromatic rings. The lowest BCUT2D eigenvalue weighted by Gasteiger charge is -2.12. The van der Waals surface area contributed by atoms with Crippen LogP contribution in [0, 0.1) is 5.82 Å². The Morgan fingerprint density at radius 3 is 2.53 bits per heavy atom. The lowest BCUT2D eigenvalue weighted by molar-refractivity contribution is 0.415. The van der Waals surface area contributed by atoms with Gasteiger partial charge in [-0.05, 0) is 60.1 Å². The van der Waals surface area contributed by atoms with E-state index in [0.717, 1.165) is 28.1 Å². The minimum Gasteiger partial charge on any atom is -0.504 e. The van der Waals surface area contributed by atoms with Crippen molar-refractivity contribution < 1.29 is 14.2 Å². The third kappa shape index (κ3) is 3.76. The van der Waals surface area contributed by atoms with Crippen molar-refractivity contribution in [2.24, 2.45) is 0 Å². The zero-order valence-corrected chi connectivity index (χ0v) is 18.8. The van der Waals surface area contributed by atoms with Crippen LogP contribution in [0.15, 0.2) is 79.3 Å². The molecule has 0 radical (unpaired) electrons. The van der Waals surface area contributed by atoms with Crippen LogP contribution in [-0.2, 0) is 6.54 Å². The summed E-state index contributed by atoms with van der Waals surface area (Å²) < 4.78 is 22.3. The molecule has 0 aliphatic rings. The van der Waals surface area contributed by atoms with Gasteiger partial charge in [0.1, 0.15) is 34.6 Å². The number of aromatic hydroxyl groups is 1. The number of aromatic nitrogens is 3. The van der Waals surface area contributed by atoms with E-state index in [0.29, 0.717) is 17.6 Å². The van der Waals surface area contributed by atoms with E-state index in [9.17, 15) is 5.11 Å². The average Bonchev–Trinajstić information content (AvgIpc) is 3.30. The normalized spacial score (nSPS) is 11.1. The maximum absolute atomic E-state index is 15.3. The number of hydrogen-bond donors (Lipinski definition) is 2. The van der Waals surface area contributed by atoms with Crippen molar-refractivity contribution in [3.8, 4) is 39.6 Å². The third-order valence-electron chi connectivity index (χ3n) is 5.83. The van der Waals surface area contributed by atoms with E-state index in [1.165, 1.54) is 6.07 Å². The van der Waals surface area contributed by atoms with Gasteiger partial charge >= 0.3 is 0 Å². The van der Waals surface area contributed by atoms with E-state index in [1.807, 2.05) is 61.6 Å². The first-order valence-corrected chi connectivity index (χ1v) is 10.8. The highest BCUT2D eigenvalue weighted by atomic mass is 19.1. The summed E-state index contributed by atoms with van der Waals surface area (Å²) in [6, 6.07) is 20.2. The molecule has 0 saturated heterocycles. The maximum Gasteiger partial charge on any atom is 0.168 e. The number of pyridine rings is 1. The lowest BCUT2D eigenvalue weighted by atomic mass is 9.97. The Kier molecular flexibility index (Phi) is 5.69. The quantitative estimate of drug-likeness (QED) is 0.363. The molecule has 5 rings (SSSR count). The highest BCUT2D eigenvalue weighted by molar-refractivity contribution is 5.89. The van der Waals surface area contributed by atoms with E-state index in [1.54, 1.807) is 30.3 Å². The number of nitrogens with one attached hydrogen (secondary N) is 1. The first kappa shape index (κ1) is 21.6. The van der Waals surface area contributed by atoms with E-state index in [2.05, 4.69) is 15.3 Å². The summed E-state index contributed by atoms with van der Waals surface area (Å²) in [6.07, 6.45) is 3.15. The molecule has 2 N–H and O–H groups in total. The molecule has 0 aliphatic carbocycles. The highest BCUT2D eigenvalue weighted by Gasteiger charge is 2.19. The second kappa shape index (κ2) is 8.96. The van der Waals surface area contributed by atoms with Crippen LogP contribution in [0.3, 0.4) is 0 Å². The molecule has 170 valence electrons. The zero-order chi connectivity index (χ0) is 23.7. The summed E-state index contributed by atoms with van der Waals surface area (Å²) in [7, 11) is 3.48. The van der Waals surface area contributed by atoms with Crippen LogP contribution >= 0.6 is 0 Å². The van der Waals surface area contributed by atoms with E-state index in [4.69, 9.17) is 4.74 Å². The third-order valence-corrected chi connectivity index (χ3v) is 5.83. The summed E-state index contributed by atoms with van der Waals surface area (Å²) in [6.45, 7) is 0.675. The minimum absolute atomic E-state index is 0.131. The van der Waals surface area contributed by atoms with E-state index >= 15 is 4.39 Å². The Bertz CT molecular complexity index is 1480. The summed E-state index contributed by atoms with van der Waals surface area (Å²) in [5.41, 5.74) is 4.92. The van der Waals surface area contributed by atoms with Gasteiger partial charge in [-0.25, -0.2) is 14.4 Å². The summed E-state index contributed by atoms with van der Waals surface area (Å²) >= 11 is 0. The van der Waals surface area contributed by atoms with Gasteiger partial charge in [-0.15, -0.1) is 0 Å². The van der Waals surface area contributed by atoms with Crippen LogP contribution in [0.4, 0.5) is 4.39 Å². The van der Waals surface area contributed by atoms with Crippen molar-refractivity contribution in [3.63, 3.8) is 0 Å². The zero-order valence-electron chi connectivity index (χ0n) is 18.8. The van der Waals surface area contributed by atoms with Crippen LogP contribution < -0.4 is 10.1 Å². The van der Waals surface area contributed by atoms with Gasteiger partial charge < -0.3 is 15.2 Å². The van der Waals surface area contributed by atoms with Crippen LogP contribution in [-0.4, -0.2) is 33.8 Å². The molecule has 6 nitrogen and oxygen atoms in total. The van der Waals surface area contributed by atoms with Crippen molar-refractivity contribution in [2.75, 3.05) is 14.2 Å². The van der Waals surface area contributed by atoms with Crippen molar-refractivity contribution in [2.45, 2.75) is 6.54 Å². The Labute approximate surface area is 196 Å². The standard InChI is InChI=1S/C27H23FN4O2/c1-29-14-18-5-3-4-6-21(18)17-7-12-22(23(28)13-17)25-27(33)26-24(15-30-25)31-16-32(26)19-8-10-20(34-2)11-9-19/h3-13,15-16,29,33H,14H2,1-2H3. The highest BCUT2D eigenvalue weighted by Crippen LogP contribution is 2.37. The predicted octanol–water partition coefficient (Wildman–Crippen LogP) is 5.33. The molecule has 0 saturated carbocycles. The first-order valence-electron chi connectivity index (χ1n) is 10.8. The molecule has 0 aliphatic heterocycles. The van der Waals surface area contributed by atoms with E-state index < -0.39 is 5.82 Å². The molecule has 3 aromatic carbocycles. The van der Waals surface area contributed by atoms with Crippen molar-refractivity contribution >= 4 is 11.0 Å². The Hall–Kier alpha value is -4.23. The summed E-state index contributed by atoms with van der Waals surface area (Å²) in [5, 5.41) is 14.3. The van der Waals surface area contributed by atoms with Crippen LogP contribution in [0.2, 0.25) is 0 Å². The number of rotatable bonds is 6. The number of nitrogens with zero attached hydrogens (tertiary/aromatic N) is 3. The van der Waals surface area contributed by atoms with Crippen LogP contribution in [0.5, 0.6) is 11.5 Å². The second-order valence-electron chi connectivity index (χ2n) is 7.88. The number of methoxy groups -OCH3 is 1. The fraction of sp³-hybridized carbons (Fsp3) is 0.111. The number of imidazole rings is 1. The van der Waals surface area contributed by atoms with Crippen LogP contribution in [0.1, 0.15) is 5.56 Å². The lowest BCUT2D eigenvalue weighted by Crippen LogP contribution is -2.06. The Balaban J connectivity index is 1.59. The first-order chi connectivity index (χ1) is 16.6. The molecule has 0 spiro atoms. The van der Waals surface area contributed by atoms with E-state index in [-0.39, 0.29) is 17.0 Å². The molecule has 2 heterocycles. The Morgan fingerprint density at radius 2 is 1.79 bits per heavy atom. The van der Waals surface area contributed by atoms with Gasteiger partial charge in [-0.1, -0.05) is 30.3 Å². The topological polar surface area (TPSA) is 72.2 Å². The van der Waals surface area contributed by atoms with Crippen molar-refractivity contribution in [1.29, 1.82) is 0 Å². The van der Waals surface area contributed by atoms with Gasteiger partial charge in [0.2, 0.25) is 0 Å². The monoisotopic (exact) mass is 454 g/mol. The summed E-state index contributed by atoms with van der Waals surface area (Å²) in [5.74, 6) is 0.126. The van der Waals surface area contributed by atoms with Gasteiger partial charge in [0.25, 0.3) is 0 Å². The fourth-order valence-corrected chi connectivity index (χ4v) is 4.15. The molecule has 0 unspecified atom stereocenters. The second-order valence-corrected chi connectivity index (χ2v) is 7.88. The minimum atomic E-state index is -0.463. The smallest absolute Gasteiger partial charge is 0.168 e. The SMILES string of the molecule is CNCc1ccccc1-c1ccc(-c2ncc3ncn(-c4ccc(OC)cc4)c3c2O)c(F)c1. The molecule has 2 aromatic heterocycles. The molecule has 0 bridgehead atoms. The van der Waals surface area contributed by atoms with Crippen LogP contribution in [0.25, 0.3) is 39.1 Å². The predicted molar refractivity (Wildman–Crippen MR) is 131 cm³/mol. The number of benzene rings is 3. The van der Waals surface area contributed by atoms with Gasteiger partial charge in [0, 0.05) is 17.8 Å². The van der Waals surface area contributed by atoms with Gasteiger partial charge in [0.15, 0.2) is 5.75 Å². The van der Waals surface area contributed by atoms with Crippen molar-refractivity contribution in [3.05, 3.63) is 90.6 Å². The number of fused-ring (bicyclic) bond motifs is 1. The van der Waals surface area contributed by atoms with Gasteiger partial charge in [-0.2, -0.15) is 0 Å². The molecule has 0 fully saturated rings. The molecule has 0 atom stereocenters. The Morgan fingerprint density at radius 1 is 1.00 bits per heavy atom. The average molecular weight is 455 g/mol. The van der Waals surface area contributed by atoms with Crippen molar-refractivity contribution in [1.82, 2.24) is 19.9 Å². The number of halogens is 1. The van der Waals surface area contributed by atoms with Gasteiger partial charge in [0.05, 0.1) is 13.3 Å². The maximum atomic E-state index is 15.3. The molecule has 34 heavy (non-hydrogen) atoms. The van der Waals surface area contributed by atoms with Gasteiger partial charge in [-0.3, -0.25) is 4.57 Å². The molecule has 0 amide bonds. The number of ether oxygens (including phenoxy) is 1. The largest absolute Gasteiger partial charge is 0.504 e. The number of hydrogen-bond acceptors (Lipinski definition) is 5.